The number of unbranched alkanes of at least 4 members (excludes halogenated alkanes) is 2. The number of amides is 1. The number of carbonyl (C=O) groups is 1. The zero-order valence-electron chi connectivity index (χ0n) is 24.0. The summed E-state index contributed by atoms with van der Waals surface area (Å²) in [6.45, 7) is 17.1. The number of hydrogen-bond donors (Lipinski definition) is 2. The average Bonchev–Trinajstić information content (AvgIpc) is 3.74. The van der Waals surface area contributed by atoms with Gasteiger partial charge in [-0.25, -0.2) is 4.39 Å². The van der Waals surface area contributed by atoms with Gasteiger partial charge in [-0.05, 0) is 56.4 Å². The molecular weight excluding hydrogens is 481 g/mol. The molecule has 0 aromatic heterocycles. The molecule has 1 aliphatic carbocycles. The molecule has 3 rings (SSSR count). The van der Waals surface area contributed by atoms with E-state index in [4.69, 9.17) is 9.47 Å². The number of ether oxygens (including phenoxy) is 2. The Bertz CT molecular complexity index is 1000. The second-order valence-electron chi connectivity index (χ2n) is 8.43. The molecule has 38 heavy (non-hydrogen) atoms. The third-order valence-corrected chi connectivity index (χ3v) is 5.38. The zero-order chi connectivity index (χ0) is 28.3. The van der Waals surface area contributed by atoms with Gasteiger partial charge < -0.3 is 20.1 Å². The Hall–Kier alpha value is -3.19. The van der Waals surface area contributed by atoms with Gasteiger partial charge in [0.05, 0.1) is 24.5 Å². The molecule has 0 saturated heterocycles. The SMILES string of the molecule is C=C(Nc1ccc(NC(=O)COCC2CC2)cc1)c1c(F)cc(OCCCCC)cc1N=CC.CC.CC. The van der Waals surface area contributed by atoms with Crippen molar-refractivity contribution in [3.05, 3.63) is 54.4 Å². The molecule has 0 radical (unpaired) electrons. The normalized spacial score (nSPS) is 12.1. The Balaban J connectivity index is 0.00000172. The highest BCUT2D eigenvalue weighted by Gasteiger charge is 2.21. The van der Waals surface area contributed by atoms with Crippen LogP contribution in [0.5, 0.6) is 5.75 Å². The molecule has 7 heteroatoms. The van der Waals surface area contributed by atoms with Gasteiger partial charge in [-0.3, -0.25) is 9.79 Å². The Morgan fingerprint density at radius 2 is 1.71 bits per heavy atom. The molecule has 1 fully saturated rings. The van der Waals surface area contributed by atoms with Gasteiger partial charge in [-0.2, -0.15) is 0 Å². The summed E-state index contributed by atoms with van der Waals surface area (Å²) in [5.41, 5.74) is 2.47. The number of hydrogen-bond acceptors (Lipinski definition) is 5. The fraction of sp³-hybridized carbons (Fsp3) is 0.484. The van der Waals surface area contributed by atoms with Gasteiger partial charge in [0.2, 0.25) is 5.91 Å². The number of benzene rings is 2. The van der Waals surface area contributed by atoms with Crippen LogP contribution in [0.3, 0.4) is 0 Å². The van der Waals surface area contributed by atoms with E-state index in [0.717, 1.165) is 19.3 Å². The van der Waals surface area contributed by atoms with Gasteiger partial charge >= 0.3 is 0 Å². The number of halogens is 1. The number of carbonyl (C=O) groups excluding carboxylic acids is 1. The summed E-state index contributed by atoms with van der Waals surface area (Å²) >= 11 is 0. The molecule has 6 nitrogen and oxygen atoms in total. The van der Waals surface area contributed by atoms with Crippen molar-refractivity contribution in [1.82, 2.24) is 0 Å². The lowest BCUT2D eigenvalue weighted by Crippen LogP contribution is -2.18. The Morgan fingerprint density at radius 1 is 1.08 bits per heavy atom. The molecule has 1 amide bonds. The van der Waals surface area contributed by atoms with E-state index in [0.29, 0.717) is 47.6 Å². The Morgan fingerprint density at radius 3 is 2.29 bits per heavy atom. The molecular formula is C31H46FN3O3. The fourth-order valence-corrected chi connectivity index (χ4v) is 3.41. The van der Waals surface area contributed by atoms with Crippen LogP contribution in [0.2, 0.25) is 0 Å². The van der Waals surface area contributed by atoms with E-state index >= 15 is 4.39 Å². The van der Waals surface area contributed by atoms with Crippen molar-refractivity contribution in [1.29, 1.82) is 0 Å². The van der Waals surface area contributed by atoms with E-state index in [1.165, 1.54) is 18.9 Å². The molecule has 1 aliphatic rings. The van der Waals surface area contributed by atoms with E-state index < -0.39 is 5.82 Å². The second-order valence-corrected chi connectivity index (χ2v) is 8.43. The summed E-state index contributed by atoms with van der Waals surface area (Å²) in [4.78, 5) is 16.3. The maximum absolute atomic E-state index is 15.0. The van der Waals surface area contributed by atoms with Crippen LogP contribution >= 0.6 is 0 Å². The largest absolute Gasteiger partial charge is 0.493 e. The van der Waals surface area contributed by atoms with Crippen LogP contribution in [-0.2, 0) is 9.53 Å². The van der Waals surface area contributed by atoms with Gasteiger partial charge in [0.25, 0.3) is 0 Å². The number of nitrogens with zero attached hydrogens (tertiary/aromatic N) is 1. The molecule has 0 spiro atoms. The molecule has 210 valence electrons. The first-order chi connectivity index (χ1) is 18.5. The summed E-state index contributed by atoms with van der Waals surface area (Å²) in [5, 5.41) is 5.93. The van der Waals surface area contributed by atoms with Crippen molar-refractivity contribution in [3.8, 4) is 5.75 Å². The molecule has 0 atom stereocenters. The number of rotatable bonds is 14. The molecule has 0 unspecified atom stereocenters. The van der Waals surface area contributed by atoms with E-state index in [2.05, 4.69) is 29.1 Å². The smallest absolute Gasteiger partial charge is 0.250 e. The van der Waals surface area contributed by atoms with Crippen LogP contribution in [0.15, 0.2) is 48.0 Å². The van der Waals surface area contributed by atoms with Crippen LogP contribution in [0, 0.1) is 11.7 Å². The van der Waals surface area contributed by atoms with Crippen molar-refractivity contribution in [2.24, 2.45) is 10.9 Å². The minimum Gasteiger partial charge on any atom is -0.493 e. The molecule has 0 aliphatic heterocycles. The van der Waals surface area contributed by atoms with E-state index in [-0.39, 0.29) is 18.1 Å². The van der Waals surface area contributed by atoms with Gasteiger partial charge in [-0.1, -0.05) is 54.0 Å². The lowest BCUT2D eigenvalue weighted by Gasteiger charge is -2.15. The van der Waals surface area contributed by atoms with Crippen molar-refractivity contribution >= 4 is 34.9 Å². The summed E-state index contributed by atoms with van der Waals surface area (Å²) in [6, 6.07) is 10.2. The lowest BCUT2D eigenvalue weighted by atomic mass is 10.1. The number of aliphatic imine (C=N–C) groups is 1. The van der Waals surface area contributed by atoms with Crippen molar-refractivity contribution in [3.63, 3.8) is 0 Å². The minimum absolute atomic E-state index is 0.0472. The van der Waals surface area contributed by atoms with Crippen LogP contribution in [0.4, 0.5) is 21.5 Å². The van der Waals surface area contributed by atoms with Crippen LogP contribution in [0.25, 0.3) is 5.70 Å². The molecule has 0 heterocycles. The second kappa shape index (κ2) is 19.0. The fourth-order valence-electron chi connectivity index (χ4n) is 3.41. The summed E-state index contributed by atoms with van der Waals surface area (Å²) in [6.07, 6.45) is 7.07. The number of nitrogens with one attached hydrogen (secondary N) is 2. The van der Waals surface area contributed by atoms with Crippen LogP contribution in [0.1, 0.15) is 79.2 Å². The average molecular weight is 528 g/mol. The maximum Gasteiger partial charge on any atom is 0.250 e. The first-order valence-corrected chi connectivity index (χ1v) is 13.9. The standard InChI is InChI=1S/C27H34FN3O3.2C2H6/c1-4-6-7-14-34-23-15-24(28)27(25(16-23)29-5-2)19(3)30-21-10-12-22(13-11-21)31-26(32)18-33-17-20-8-9-20;2*1-2/h5,10-13,15-16,20,30H,3-4,6-9,14,17-18H2,1-2H3,(H,31,32);2*1-2H3. The van der Waals surface area contributed by atoms with Gasteiger partial charge in [-0.15, -0.1) is 0 Å². The van der Waals surface area contributed by atoms with Crippen LogP contribution < -0.4 is 15.4 Å². The summed E-state index contributed by atoms with van der Waals surface area (Å²) in [5.74, 6) is 0.425. The van der Waals surface area contributed by atoms with E-state index in [9.17, 15) is 4.79 Å². The van der Waals surface area contributed by atoms with Gasteiger partial charge in [0.15, 0.2) is 0 Å². The minimum atomic E-state index is -0.457. The van der Waals surface area contributed by atoms with E-state index in [1.807, 2.05) is 27.7 Å². The van der Waals surface area contributed by atoms with Crippen molar-refractivity contribution in [2.75, 3.05) is 30.5 Å². The van der Waals surface area contributed by atoms with E-state index in [1.54, 1.807) is 43.5 Å². The van der Waals surface area contributed by atoms with Crippen molar-refractivity contribution in [2.45, 2.75) is 73.6 Å². The van der Waals surface area contributed by atoms with Gasteiger partial charge in [0.1, 0.15) is 18.2 Å². The Labute approximate surface area is 228 Å². The molecule has 0 bridgehead atoms. The van der Waals surface area contributed by atoms with Gasteiger partial charge in [0, 0.05) is 35.4 Å². The molecule has 1 saturated carbocycles. The quantitative estimate of drug-likeness (QED) is 0.191. The maximum atomic E-state index is 15.0. The summed E-state index contributed by atoms with van der Waals surface area (Å²) in [7, 11) is 0. The molecule has 2 aromatic rings. The highest BCUT2D eigenvalue weighted by Crippen LogP contribution is 2.34. The predicted molar refractivity (Wildman–Crippen MR) is 159 cm³/mol. The monoisotopic (exact) mass is 527 g/mol. The highest BCUT2D eigenvalue weighted by atomic mass is 19.1. The molecule has 2 aromatic carbocycles. The molecule has 2 N–H and O–H groups in total. The summed E-state index contributed by atoms with van der Waals surface area (Å²) < 4.78 is 26.1. The third kappa shape index (κ3) is 11.9. The first-order valence-electron chi connectivity index (χ1n) is 13.9. The third-order valence-electron chi connectivity index (χ3n) is 5.38. The highest BCUT2D eigenvalue weighted by molar-refractivity contribution is 5.92. The van der Waals surface area contributed by atoms with Crippen molar-refractivity contribution < 1.29 is 18.7 Å². The van der Waals surface area contributed by atoms with Crippen LogP contribution in [-0.4, -0.2) is 31.9 Å². The predicted octanol–water partition coefficient (Wildman–Crippen LogP) is 8.62. The Kier molecular flexibility index (Phi) is 16.4. The lowest BCUT2D eigenvalue weighted by molar-refractivity contribution is -0.120. The first kappa shape index (κ1) is 32.8. The zero-order valence-corrected chi connectivity index (χ0v) is 24.0. The topological polar surface area (TPSA) is 72.0 Å². The number of anilines is 2.